The Morgan fingerprint density at radius 3 is 2.45 bits per heavy atom. The Hall–Kier alpha value is -2.00. The summed E-state index contributed by atoms with van der Waals surface area (Å²) >= 11 is 0. The number of aromatic amines is 1. The van der Waals surface area contributed by atoms with E-state index in [4.69, 9.17) is 4.74 Å². The maximum Gasteiger partial charge on any atom is 0.256 e. The van der Waals surface area contributed by atoms with Crippen LogP contribution in [0.4, 0.5) is 0 Å². The first-order chi connectivity index (χ1) is 9.10. The number of H-pyrrole nitrogens is 1. The lowest BCUT2D eigenvalue weighted by molar-refractivity contribution is 0.415. The second-order valence-corrected chi connectivity index (χ2v) is 4.87. The minimum absolute atomic E-state index is 0. The zero-order chi connectivity index (χ0) is 13.6. The standard InChI is InChI=1S/C16H15NO2.ClH/c1-9-4-5-12-13-8-11(19-3)7-10(2)15(13)17-16(18)14(12)6-9;/h4-8H,1-3H3,(H,17,18);1H. The topological polar surface area (TPSA) is 42.1 Å². The van der Waals surface area contributed by atoms with Gasteiger partial charge in [-0.15, -0.1) is 12.4 Å². The van der Waals surface area contributed by atoms with Crippen molar-refractivity contribution in [2.24, 2.45) is 0 Å². The van der Waals surface area contributed by atoms with Crippen LogP contribution >= 0.6 is 12.4 Å². The molecule has 0 unspecified atom stereocenters. The Bertz CT molecular complexity index is 852. The van der Waals surface area contributed by atoms with E-state index < -0.39 is 0 Å². The minimum Gasteiger partial charge on any atom is -0.497 e. The van der Waals surface area contributed by atoms with E-state index in [1.54, 1.807) is 7.11 Å². The van der Waals surface area contributed by atoms with Crippen LogP contribution in [0.15, 0.2) is 35.1 Å². The van der Waals surface area contributed by atoms with Crippen molar-refractivity contribution in [2.45, 2.75) is 13.8 Å². The number of methoxy groups -OCH3 is 1. The molecule has 1 N–H and O–H groups in total. The number of hydrogen-bond acceptors (Lipinski definition) is 2. The van der Waals surface area contributed by atoms with Crippen LogP contribution in [0.25, 0.3) is 21.7 Å². The summed E-state index contributed by atoms with van der Waals surface area (Å²) in [6.07, 6.45) is 0. The largest absolute Gasteiger partial charge is 0.497 e. The first-order valence-corrected chi connectivity index (χ1v) is 6.21. The zero-order valence-electron chi connectivity index (χ0n) is 11.6. The van der Waals surface area contributed by atoms with Crippen LogP contribution in [0.5, 0.6) is 5.75 Å². The molecule has 0 radical (unpaired) electrons. The second-order valence-electron chi connectivity index (χ2n) is 4.87. The first-order valence-electron chi connectivity index (χ1n) is 6.21. The van der Waals surface area contributed by atoms with Crippen molar-refractivity contribution in [3.63, 3.8) is 0 Å². The summed E-state index contributed by atoms with van der Waals surface area (Å²) in [5, 5.41) is 2.71. The van der Waals surface area contributed by atoms with Crippen molar-refractivity contribution in [1.29, 1.82) is 0 Å². The van der Waals surface area contributed by atoms with E-state index in [-0.39, 0.29) is 18.0 Å². The number of aryl methyl sites for hydroxylation is 2. The number of nitrogens with one attached hydrogen (secondary N) is 1. The predicted molar refractivity (Wildman–Crippen MR) is 85.3 cm³/mol. The molecule has 20 heavy (non-hydrogen) atoms. The molecule has 0 amide bonds. The Balaban J connectivity index is 0.00000147. The number of rotatable bonds is 1. The Labute approximate surface area is 123 Å². The molecule has 0 saturated carbocycles. The summed E-state index contributed by atoms with van der Waals surface area (Å²) < 4.78 is 5.31. The summed E-state index contributed by atoms with van der Waals surface area (Å²) in [7, 11) is 1.65. The van der Waals surface area contributed by atoms with E-state index in [1.807, 2.05) is 44.2 Å². The van der Waals surface area contributed by atoms with Gasteiger partial charge in [0.25, 0.3) is 5.56 Å². The lowest BCUT2D eigenvalue weighted by Crippen LogP contribution is -2.07. The molecule has 0 aliphatic rings. The third-order valence-electron chi connectivity index (χ3n) is 3.49. The third kappa shape index (κ3) is 2.14. The molecular formula is C16H16ClNO2. The fraction of sp³-hybridized carbons (Fsp3) is 0.188. The van der Waals surface area contributed by atoms with Crippen molar-refractivity contribution >= 4 is 34.1 Å². The Morgan fingerprint density at radius 2 is 1.75 bits per heavy atom. The molecule has 0 fully saturated rings. The highest BCUT2D eigenvalue weighted by atomic mass is 35.5. The summed E-state index contributed by atoms with van der Waals surface area (Å²) in [5.74, 6) is 0.805. The van der Waals surface area contributed by atoms with Gasteiger partial charge in [0.05, 0.1) is 12.6 Å². The average Bonchev–Trinajstić information content (AvgIpc) is 2.40. The quantitative estimate of drug-likeness (QED) is 0.694. The average molecular weight is 290 g/mol. The molecule has 0 spiro atoms. The molecule has 1 aromatic heterocycles. The minimum atomic E-state index is -0.0422. The summed E-state index contributed by atoms with van der Waals surface area (Å²) in [5.41, 5.74) is 2.92. The molecular weight excluding hydrogens is 274 g/mol. The van der Waals surface area contributed by atoms with Crippen LogP contribution in [0, 0.1) is 13.8 Å². The maximum absolute atomic E-state index is 12.2. The number of hydrogen-bond donors (Lipinski definition) is 1. The molecule has 0 bridgehead atoms. The third-order valence-corrected chi connectivity index (χ3v) is 3.49. The number of pyridine rings is 1. The van der Waals surface area contributed by atoms with Gasteiger partial charge in [-0.25, -0.2) is 0 Å². The molecule has 1 heterocycles. The lowest BCUT2D eigenvalue weighted by Gasteiger charge is -2.09. The van der Waals surface area contributed by atoms with Gasteiger partial charge >= 0.3 is 0 Å². The van der Waals surface area contributed by atoms with Crippen LogP contribution in [0.2, 0.25) is 0 Å². The van der Waals surface area contributed by atoms with Gasteiger partial charge in [0.2, 0.25) is 0 Å². The van der Waals surface area contributed by atoms with Crippen molar-refractivity contribution in [3.8, 4) is 5.75 Å². The fourth-order valence-corrected chi connectivity index (χ4v) is 2.51. The number of fused-ring (bicyclic) bond motifs is 3. The number of benzene rings is 2. The molecule has 3 nitrogen and oxygen atoms in total. The Kier molecular flexibility index (Phi) is 3.73. The highest BCUT2D eigenvalue weighted by Gasteiger charge is 2.08. The van der Waals surface area contributed by atoms with Crippen LogP contribution in [-0.4, -0.2) is 12.1 Å². The van der Waals surface area contributed by atoms with Crippen molar-refractivity contribution < 1.29 is 4.74 Å². The van der Waals surface area contributed by atoms with Crippen LogP contribution < -0.4 is 10.3 Å². The predicted octanol–water partition coefficient (Wildman–Crippen LogP) is 3.73. The van der Waals surface area contributed by atoms with Crippen LogP contribution in [0.1, 0.15) is 11.1 Å². The van der Waals surface area contributed by atoms with E-state index in [0.29, 0.717) is 0 Å². The van der Waals surface area contributed by atoms with Gasteiger partial charge in [0.15, 0.2) is 0 Å². The molecule has 4 heteroatoms. The molecule has 3 aromatic rings. The zero-order valence-corrected chi connectivity index (χ0v) is 12.4. The van der Waals surface area contributed by atoms with E-state index in [2.05, 4.69) is 4.98 Å². The van der Waals surface area contributed by atoms with E-state index in [0.717, 1.165) is 38.6 Å². The Morgan fingerprint density at radius 1 is 1.00 bits per heavy atom. The van der Waals surface area contributed by atoms with Crippen LogP contribution in [-0.2, 0) is 0 Å². The summed E-state index contributed by atoms with van der Waals surface area (Å²) in [4.78, 5) is 15.1. The molecule has 0 atom stereocenters. The monoisotopic (exact) mass is 289 g/mol. The first kappa shape index (κ1) is 14.4. The molecule has 0 saturated heterocycles. The van der Waals surface area contributed by atoms with Gasteiger partial charge in [-0.05, 0) is 43.0 Å². The molecule has 2 aromatic carbocycles. The van der Waals surface area contributed by atoms with Crippen molar-refractivity contribution in [2.75, 3.05) is 7.11 Å². The second kappa shape index (κ2) is 5.17. The van der Waals surface area contributed by atoms with Crippen molar-refractivity contribution in [1.82, 2.24) is 4.98 Å². The number of aromatic nitrogens is 1. The van der Waals surface area contributed by atoms with Gasteiger partial charge in [-0.3, -0.25) is 4.79 Å². The SMILES string of the molecule is COc1cc(C)c2[nH]c(=O)c3cc(C)ccc3c2c1.Cl. The van der Waals surface area contributed by atoms with Gasteiger partial charge in [-0.2, -0.15) is 0 Å². The molecule has 0 aliphatic carbocycles. The normalized spacial score (nSPS) is 10.6. The van der Waals surface area contributed by atoms with Gasteiger partial charge in [-0.1, -0.05) is 17.7 Å². The highest BCUT2D eigenvalue weighted by molar-refractivity contribution is 6.06. The van der Waals surface area contributed by atoms with Crippen molar-refractivity contribution in [3.05, 3.63) is 51.8 Å². The fourth-order valence-electron chi connectivity index (χ4n) is 2.51. The van der Waals surface area contributed by atoms with Gasteiger partial charge in [0, 0.05) is 10.8 Å². The van der Waals surface area contributed by atoms with Gasteiger partial charge in [0.1, 0.15) is 5.75 Å². The molecule has 104 valence electrons. The van der Waals surface area contributed by atoms with E-state index in [9.17, 15) is 4.79 Å². The molecule has 3 rings (SSSR count). The highest BCUT2D eigenvalue weighted by Crippen LogP contribution is 2.28. The number of halogens is 1. The summed E-state index contributed by atoms with van der Waals surface area (Å²) in [6.45, 7) is 3.96. The number of ether oxygens (including phenoxy) is 1. The van der Waals surface area contributed by atoms with E-state index in [1.165, 1.54) is 0 Å². The van der Waals surface area contributed by atoms with Gasteiger partial charge < -0.3 is 9.72 Å². The molecule has 0 aliphatic heterocycles. The van der Waals surface area contributed by atoms with E-state index >= 15 is 0 Å². The summed E-state index contributed by atoms with van der Waals surface area (Å²) in [6, 6.07) is 9.84. The smallest absolute Gasteiger partial charge is 0.256 e. The lowest BCUT2D eigenvalue weighted by atomic mass is 10.0. The van der Waals surface area contributed by atoms with Crippen LogP contribution in [0.3, 0.4) is 0 Å². The maximum atomic E-state index is 12.2.